The van der Waals surface area contributed by atoms with Gasteiger partial charge in [0.1, 0.15) is 5.75 Å². The van der Waals surface area contributed by atoms with Crippen LogP contribution >= 0.6 is 0 Å². The average Bonchev–Trinajstić information content (AvgIpc) is 2.39. The van der Waals surface area contributed by atoms with Crippen LogP contribution in [-0.4, -0.2) is 26.9 Å². The first kappa shape index (κ1) is 15.0. The van der Waals surface area contributed by atoms with E-state index in [1.807, 2.05) is 6.07 Å². The van der Waals surface area contributed by atoms with Gasteiger partial charge in [-0.1, -0.05) is 24.6 Å². The maximum absolute atomic E-state index is 5.49. The molecule has 3 nitrogen and oxygen atoms in total. The lowest BCUT2D eigenvalue weighted by atomic mass is 9.99. The minimum absolute atomic E-state index is 0.104. The molecule has 0 saturated carbocycles. The molecule has 1 aromatic carbocycles. The Morgan fingerprint density at radius 2 is 2.00 bits per heavy atom. The Bertz CT molecular complexity index is 366. The average molecular weight is 251 g/mol. The number of hydrogen-bond acceptors (Lipinski definition) is 3. The summed E-state index contributed by atoms with van der Waals surface area (Å²) in [4.78, 5) is 0. The predicted molar refractivity (Wildman–Crippen MR) is 75.2 cm³/mol. The molecule has 0 aliphatic heterocycles. The van der Waals surface area contributed by atoms with E-state index in [1.54, 1.807) is 14.2 Å². The van der Waals surface area contributed by atoms with Gasteiger partial charge in [0.25, 0.3) is 0 Å². The van der Waals surface area contributed by atoms with E-state index in [0.717, 1.165) is 18.7 Å². The maximum atomic E-state index is 5.49. The van der Waals surface area contributed by atoms with Crippen LogP contribution in [0.5, 0.6) is 5.75 Å². The third-order valence-corrected chi connectivity index (χ3v) is 3.18. The smallest absolute Gasteiger partial charge is 0.123 e. The van der Waals surface area contributed by atoms with Gasteiger partial charge in [-0.25, -0.2) is 0 Å². The first-order valence-corrected chi connectivity index (χ1v) is 6.54. The second kappa shape index (κ2) is 7.39. The van der Waals surface area contributed by atoms with E-state index in [4.69, 9.17) is 9.47 Å². The third-order valence-electron chi connectivity index (χ3n) is 3.18. The fourth-order valence-corrected chi connectivity index (χ4v) is 2.06. The summed E-state index contributed by atoms with van der Waals surface area (Å²) in [6.45, 7) is 7.30. The lowest BCUT2D eigenvalue weighted by molar-refractivity contribution is 0.0821. The van der Waals surface area contributed by atoms with Crippen LogP contribution in [0.2, 0.25) is 0 Å². The molecule has 0 spiro atoms. The second-order valence-corrected chi connectivity index (χ2v) is 4.62. The Morgan fingerprint density at radius 3 is 2.56 bits per heavy atom. The molecule has 0 fully saturated rings. The molecule has 1 N–H and O–H groups in total. The molecular formula is C15H25NO2. The summed E-state index contributed by atoms with van der Waals surface area (Å²) < 4.78 is 10.9. The van der Waals surface area contributed by atoms with E-state index >= 15 is 0 Å². The molecule has 0 aromatic heterocycles. The monoisotopic (exact) mass is 251 g/mol. The molecule has 3 heteroatoms. The van der Waals surface area contributed by atoms with Crippen molar-refractivity contribution < 1.29 is 9.47 Å². The first-order valence-electron chi connectivity index (χ1n) is 6.54. The summed E-state index contributed by atoms with van der Waals surface area (Å²) in [7, 11) is 3.45. The Labute approximate surface area is 110 Å². The van der Waals surface area contributed by atoms with Gasteiger partial charge in [0.05, 0.1) is 19.3 Å². The summed E-state index contributed by atoms with van der Waals surface area (Å²) in [5, 5.41) is 3.53. The van der Waals surface area contributed by atoms with Crippen LogP contribution in [-0.2, 0) is 4.74 Å². The van der Waals surface area contributed by atoms with E-state index in [2.05, 4.69) is 38.2 Å². The molecule has 0 heterocycles. The summed E-state index contributed by atoms with van der Waals surface area (Å²) in [5.41, 5.74) is 2.40. The standard InChI is InChI=1S/C15H25NO2/c1-6-9-16-15(12(3)17-4)13-10-11(2)7-8-14(13)18-5/h7-8,10,12,15-16H,6,9H2,1-5H3. The number of ether oxygens (including phenoxy) is 2. The van der Waals surface area contributed by atoms with Crippen molar-refractivity contribution in [3.05, 3.63) is 29.3 Å². The fraction of sp³-hybridized carbons (Fsp3) is 0.600. The van der Waals surface area contributed by atoms with Crippen molar-refractivity contribution in [3.63, 3.8) is 0 Å². The van der Waals surface area contributed by atoms with Gasteiger partial charge in [-0.3, -0.25) is 0 Å². The van der Waals surface area contributed by atoms with Crippen LogP contribution in [0.1, 0.15) is 37.4 Å². The van der Waals surface area contributed by atoms with Gasteiger partial charge >= 0.3 is 0 Å². The van der Waals surface area contributed by atoms with Gasteiger partial charge in [-0.2, -0.15) is 0 Å². The van der Waals surface area contributed by atoms with Gasteiger partial charge in [-0.05, 0) is 32.9 Å². The molecule has 0 aliphatic carbocycles. The predicted octanol–water partition coefficient (Wildman–Crippen LogP) is 3.08. The molecule has 0 bridgehead atoms. The largest absolute Gasteiger partial charge is 0.496 e. The number of methoxy groups -OCH3 is 2. The van der Waals surface area contributed by atoms with Gasteiger partial charge in [0, 0.05) is 12.7 Å². The van der Waals surface area contributed by atoms with E-state index < -0.39 is 0 Å². The van der Waals surface area contributed by atoms with Crippen LogP contribution in [0.25, 0.3) is 0 Å². The Hall–Kier alpha value is -1.06. The summed E-state index contributed by atoms with van der Waals surface area (Å²) in [6, 6.07) is 6.41. The van der Waals surface area contributed by atoms with Crippen LogP contribution in [0, 0.1) is 6.92 Å². The van der Waals surface area contributed by atoms with Crippen LogP contribution in [0.4, 0.5) is 0 Å². The molecule has 2 atom stereocenters. The minimum Gasteiger partial charge on any atom is -0.496 e. The highest BCUT2D eigenvalue weighted by atomic mass is 16.5. The third kappa shape index (κ3) is 3.72. The van der Waals surface area contributed by atoms with Crippen molar-refractivity contribution in [1.29, 1.82) is 0 Å². The fourth-order valence-electron chi connectivity index (χ4n) is 2.06. The van der Waals surface area contributed by atoms with Gasteiger partial charge in [0.2, 0.25) is 0 Å². The van der Waals surface area contributed by atoms with E-state index in [9.17, 15) is 0 Å². The Morgan fingerprint density at radius 1 is 1.28 bits per heavy atom. The molecule has 18 heavy (non-hydrogen) atoms. The highest BCUT2D eigenvalue weighted by Gasteiger charge is 2.21. The maximum Gasteiger partial charge on any atom is 0.123 e. The number of hydrogen-bond donors (Lipinski definition) is 1. The van der Waals surface area contributed by atoms with Crippen LogP contribution in [0.15, 0.2) is 18.2 Å². The molecular weight excluding hydrogens is 226 g/mol. The van der Waals surface area contributed by atoms with Crippen molar-refractivity contribution >= 4 is 0 Å². The Balaban J connectivity index is 3.05. The Kier molecular flexibility index (Phi) is 6.16. The molecule has 0 saturated heterocycles. The van der Waals surface area contributed by atoms with Crippen molar-refractivity contribution in [2.75, 3.05) is 20.8 Å². The van der Waals surface area contributed by atoms with Crippen molar-refractivity contribution in [2.24, 2.45) is 0 Å². The zero-order valence-electron chi connectivity index (χ0n) is 12.1. The first-order chi connectivity index (χ1) is 8.63. The van der Waals surface area contributed by atoms with E-state index in [-0.39, 0.29) is 12.1 Å². The van der Waals surface area contributed by atoms with E-state index in [1.165, 1.54) is 11.1 Å². The van der Waals surface area contributed by atoms with Crippen molar-refractivity contribution in [1.82, 2.24) is 5.32 Å². The number of rotatable bonds is 7. The topological polar surface area (TPSA) is 30.5 Å². The quantitative estimate of drug-likeness (QED) is 0.808. The minimum atomic E-state index is 0.104. The SMILES string of the molecule is CCCNC(c1cc(C)ccc1OC)C(C)OC. The molecule has 102 valence electrons. The molecule has 2 unspecified atom stereocenters. The van der Waals surface area contributed by atoms with Gasteiger partial charge in [-0.15, -0.1) is 0 Å². The zero-order chi connectivity index (χ0) is 13.5. The molecule has 1 aromatic rings. The molecule has 1 rings (SSSR count). The van der Waals surface area contributed by atoms with Crippen molar-refractivity contribution in [3.8, 4) is 5.75 Å². The number of nitrogens with one attached hydrogen (secondary N) is 1. The number of benzene rings is 1. The lowest BCUT2D eigenvalue weighted by Gasteiger charge is -2.26. The summed E-state index contributed by atoms with van der Waals surface area (Å²) >= 11 is 0. The highest BCUT2D eigenvalue weighted by molar-refractivity contribution is 5.39. The van der Waals surface area contributed by atoms with Gasteiger partial charge < -0.3 is 14.8 Å². The summed E-state index contributed by atoms with van der Waals surface area (Å²) in [6.07, 6.45) is 1.20. The van der Waals surface area contributed by atoms with Gasteiger partial charge in [0.15, 0.2) is 0 Å². The van der Waals surface area contributed by atoms with Crippen LogP contribution < -0.4 is 10.1 Å². The summed E-state index contributed by atoms with van der Waals surface area (Å²) in [5.74, 6) is 0.915. The zero-order valence-corrected chi connectivity index (χ0v) is 12.1. The normalized spacial score (nSPS) is 14.3. The van der Waals surface area contributed by atoms with Crippen molar-refractivity contribution in [2.45, 2.75) is 39.3 Å². The molecule has 0 aliphatic rings. The molecule has 0 radical (unpaired) electrons. The van der Waals surface area contributed by atoms with E-state index in [0.29, 0.717) is 0 Å². The van der Waals surface area contributed by atoms with Crippen LogP contribution in [0.3, 0.4) is 0 Å². The molecule has 0 amide bonds. The number of aryl methyl sites for hydroxylation is 1. The second-order valence-electron chi connectivity index (χ2n) is 4.62. The lowest BCUT2D eigenvalue weighted by Crippen LogP contribution is -2.32. The highest BCUT2D eigenvalue weighted by Crippen LogP contribution is 2.29.